The zero-order valence-electron chi connectivity index (χ0n) is 17.8. The lowest BCUT2D eigenvalue weighted by Crippen LogP contribution is -2.15. The van der Waals surface area contributed by atoms with Crippen molar-refractivity contribution in [3.8, 4) is 11.3 Å². The maximum atomic E-state index is 13.4. The van der Waals surface area contributed by atoms with E-state index in [2.05, 4.69) is 15.3 Å². The highest BCUT2D eigenvalue weighted by atomic mass is 32.2. The summed E-state index contributed by atoms with van der Waals surface area (Å²) in [6.45, 7) is 3.70. The number of thioether (sulfide) groups is 1. The SMILES string of the molecule is Cc1ccc([N+](=O)[O-])cc1NC(=O)CSc1nc(-c2ccc(F)cc2)c2cccc(C)c2n1. The molecule has 1 amide bonds. The number of nitro groups is 1. The lowest BCUT2D eigenvalue weighted by molar-refractivity contribution is -0.384. The van der Waals surface area contributed by atoms with Crippen LogP contribution in [0.3, 0.4) is 0 Å². The molecule has 3 aromatic carbocycles. The van der Waals surface area contributed by atoms with Crippen LogP contribution in [-0.2, 0) is 4.79 Å². The number of halogens is 1. The molecule has 9 heteroatoms. The van der Waals surface area contributed by atoms with E-state index in [0.717, 1.165) is 39.4 Å². The number of anilines is 1. The second-order valence-electron chi connectivity index (χ2n) is 7.43. The molecular weight excluding hydrogens is 443 g/mol. The van der Waals surface area contributed by atoms with Gasteiger partial charge in [0.05, 0.1) is 27.6 Å². The van der Waals surface area contributed by atoms with Gasteiger partial charge in [-0.1, -0.05) is 36.0 Å². The third-order valence-corrected chi connectivity index (χ3v) is 5.91. The van der Waals surface area contributed by atoms with Gasteiger partial charge in [0.1, 0.15) is 5.82 Å². The summed E-state index contributed by atoms with van der Waals surface area (Å²) in [5.41, 5.74) is 4.11. The van der Waals surface area contributed by atoms with E-state index in [1.807, 2.05) is 25.1 Å². The summed E-state index contributed by atoms with van der Waals surface area (Å²) >= 11 is 1.16. The molecule has 0 radical (unpaired) electrons. The number of aromatic nitrogens is 2. The summed E-state index contributed by atoms with van der Waals surface area (Å²) in [7, 11) is 0. The number of non-ortho nitro benzene ring substituents is 1. The Kier molecular flexibility index (Phi) is 6.32. The number of nitrogens with zero attached hydrogens (tertiary/aromatic N) is 3. The summed E-state index contributed by atoms with van der Waals surface area (Å²) in [5, 5.41) is 15.0. The van der Waals surface area contributed by atoms with Gasteiger partial charge in [-0.2, -0.15) is 0 Å². The zero-order valence-corrected chi connectivity index (χ0v) is 18.6. The van der Waals surface area contributed by atoms with Crippen LogP contribution in [0.1, 0.15) is 11.1 Å². The highest BCUT2D eigenvalue weighted by Gasteiger charge is 2.15. The number of rotatable bonds is 6. The van der Waals surface area contributed by atoms with E-state index < -0.39 is 4.92 Å². The Hall–Kier alpha value is -3.85. The Morgan fingerprint density at radius 2 is 1.82 bits per heavy atom. The van der Waals surface area contributed by atoms with Crippen molar-refractivity contribution in [1.29, 1.82) is 0 Å². The normalized spacial score (nSPS) is 10.9. The van der Waals surface area contributed by atoms with Crippen LogP contribution in [0.25, 0.3) is 22.2 Å². The molecule has 7 nitrogen and oxygen atoms in total. The molecule has 0 spiro atoms. The van der Waals surface area contributed by atoms with Crippen molar-refractivity contribution in [2.45, 2.75) is 19.0 Å². The van der Waals surface area contributed by atoms with Crippen molar-refractivity contribution in [3.05, 3.63) is 87.7 Å². The fraction of sp³-hybridized carbons (Fsp3) is 0.125. The first-order chi connectivity index (χ1) is 15.8. The molecule has 4 aromatic rings. The highest BCUT2D eigenvalue weighted by molar-refractivity contribution is 7.99. The van der Waals surface area contributed by atoms with Crippen LogP contribution >= 0.6 is 11.8 Å². The van der Waals surface area contributed by atoms with Crippen molar-refractivity contribution in [2.75, 3.05) is 11.1 Å². The topological polar surface area (TPSA) is 98.0 Å². The van der Waals surface area contributed by atoms with E-state index in [4.69, 9.17) is 0 Å². The van der Waals surface area contributed by atoms with Crippen molar-refractivity contribution in [2.24, 2.45) is 0 Å². The molecule has 0 aliphatic carbocycles. The summed E-state index contributed by atoms with van der Waals surface area (Å²) < 4.78 is 13.4. The summed E-state index contributed by atoms with van der Waals surface area (Å²) in [5.74, 6) is -0.654. The Morgan fingerprint density at radius 1 is 1.06 bits per heavy atom. The number of aryl methyl sites for hydroxylation is 2. The fourth-order valence-corrected chi connectivity index (χ4v) is 3.99. The van der Waals surface area contributed by atoms with E-state index in [1.165, 1.54) is 24.3 Å². The first-order valence-electron chi connectivity index (χ1n) is 10.0. The molecule has 166 valence electrons. The minimum atomic E-state index is -0.508. The zero-order chi connectivity index (χ0) is 23.5. The first kappa shape index (κ1) is 22.3. The molecule has 33 heavy (non-hydrogen) atoms. The van der Waals surface area contributed by atoms with Crippen LogP contribution in [0.4, 0.5) is 15.8 Å². The number of hydrogen-bond acceptors (Lipinski definition) is 6. The molecular formula is C24H19FN4O3S. The number of carbonyl (C=O) groups excluding carboxylic acids is 1. The van der Waals surface area contributed by atoms with Gasteiger partial charge < -0.3 is 5.32 Å². The van der Waals surface area contributed by atoms with Crippen LogP contribution in [0, 0.1) is 29.8 Å². The van der Waals surface area contributed by atoms with E-state index in [1.54, 1.807) is 25.1 Å². The number of fused-ring (bicyclic) bond motifs is 1. The van der Waals surface area contributed by atoms with Crippen LogP contribution in [0.15, 0.2) is 65.8 Å². The Balaban J connectivity index is 1.60. The van der Waals surface area contributed by atoms with Crippen molar-refractivity contribution in [3.63, 3.8) is 0 Å². The van der Waals surface area contributed by atoms with Crippen molar-refractivity contribution in [1.82, 2.24) is 9.97 Å². The number of carbonyl (C=O) groups is 1. The molecule has 0 fully saturated rings. The molecule has 0 saturated carbocycles. The minimum absolute atomic E-state index is 0.0162. The summed E-state index contributed by atoms with van der Waals surface area (Å²) in [6, 6.07) is 16.1. The third-order valence-electron chi connectivity index (χ3n) is 5.06. The monoisotopic (exact) mass is 462 g/mol. The lowest BCUT2D eigenvalue weighted by atomic mass is 10.0. The van der Waals surface area contributed by atoms with Crippen LogP contribution < -0.4 is 5.32 Å². The average molecular weight is 463 g/mol. The largest absolute Gasteiger partial charge is 0.325 e. The van der Waals surface area contributed by atoms with Gasteiger partial charge in [0, 0.05) is 23.1 Å². The number of para-hydroxylation sites is 1. The van der Waals surface area contributed by atoms with Gasteiger partial charge in [0.2, 0.25) is 5.91 Å². The quantitative estimate of drug-likeness (QED) is 0.171. The number of benzene rings is 3. The Labute approximate surface area is 193 Å². The number of nitrogens with one attached hydrogen (secondary N) is 1. The molecule has 0 aliphatic rings. The van der Waals surface area contributed by atoms with Gasteiger partial charge in [-0.3, -0.25) is 14.9 Å². The molecule has 1 aromatic heterocycles. The minimum Gasteiger partial charge on any atom is -0.325 e. The van der Waals surface area contributed by atoms with Crippen molar-refractivity contribution >= 4 is 39.9 Å². The van der Waals surface area contributed by atoms with E-state index in [0.29, 0.717) is 16.5 Å². The standard InChI is InChI=1S/C24H19FN4O3S/c1-14-6-11-18(29(31)32)12-20(14)26-21(30)13-33-24-27-22-15(2)4-3-5-19(22)23(28-24)16-7-9-17(25)10-8-16/h3-12H,13H2,1-2H3,(H,26,30). The van der Waals surface area contributed by atoms with Gasteiger partial charge in [0.25, 0.3) is 5.69 Å². The molecule has 0 saturated heterocycles. The van der Waals surface area contributed by atoms with Crippen LogP contribution in [0.5, 0.6) is 0 Å². The molecule has 0 bridgehead atoms. The van der Waals surface area contributed by atoms with Crippen molar-refractivity contribution < 1.29 is 14.1 Å². The number of amides is 1. The molecule has 1 heterocycles. The maximum absolute atomic E-state index is 13.4. The third kappa shape index (κ3) is 4.98. The van der Waals surface area contributed by atoms with E-state index >= 15 is 0 Å². The molecule has 0 aliphatic heterocycles. The number of nitro benzene ring substituents is 1. The van der Waals surface area contributed by atoms with E-state index in [-0.39, 0.29) is 23.2 Å². The first-order valence-corrected chi connectivity index (χ1v) is 11.0. The summed E-state index contributed by atoms with van der Waals surface area (Å²) in [4.78, 5) is 32.3. The fourth-order valence-electron chi connectivity index (χ4n) is 3.34. The van der Waals surface area contributed by atoms with Crippen LogP contribution in [0.2, 0.25) is 0 Å². The van der Waals surface area contributed by atoms with Gasteiger partial charge in [-0.15, -0.1) is 0 Å². The summed E-state index contributed by atoms with van der Waals surface area (Å²) in [6.07, 6.45) is 0. The average Bonchev–Trinajstić information content (AvgIpc) is 2.79. The maximum Gasteiger partial charge on any atom is 0.271 e. The van der Waals surface area contributed by atoms with E-state index in [9.17, 15) is 19.3 Å². The smallest absolute Gasteiger partial charge is 0.271 e. The van der Waals surface area contributed by atoms with Gasteiger partial charge >= 0.3 is 0 Å². The second kappa shape index (κ2) is 9.33. The van der Waals surface area contributed by atoms with Crippen LogP contribution in [-0.4, -0.2) is 26.6 Å². The Bertz CT molecular complexity index is 1380. The highest BCUT2D eigenvalue weighted by Crippen LogP contribution is 2.30. The van der Waals surface area contributed by atoms with Gasteiger partial charge in [-0.05, 0) is 49.2 Å². The lowest BCUT2D eigenvalue weighted by Gasteiger charge is -2.11. The predicted octanol–water partition coefficient (Wildman–Crippen LogP) is 5.69. The Morgan fingerprint density at radius 3 is 2.55 bits per heavy atom. The molecule has 0 unspecified atom stereocenters. The second-order valence-corrected chi connectivity index (χ2v) is 8.37. The molecule has 4 rings (SSSR count). The van der Waals surface area contributed by atoms with Gasteiger partial charge in [-0.25, -0.2) is 14.4 Å². The molecule has 0 atom stereocenters. The predicted molar refractivity (Wildman–Crippen MR) is 127 cm³/mol. The number of hydrogen-bond donors (Lipinski definition) is 1. The molecule has 1 N–H and O–H groups in total. The van der Waals surface area contributed by atoms with Gasteiger partial charge in [0.15, 0.2) is 5.16 Å².